The summed E-state index contributed by atoms with van der Waals surface area (Å²) in [6.45, 7) is 8.47. The zero-order valence-corrected chi connectivity index (χ0v) is 14.2. The minimum absolute atomic E-state index is 0. The second kappa shape index (κ2) is 8.74. The van der Waals surface area contributed by atoms with Crippen LogP contribution in [0.3, 0.4) is 0 Å². The van der Waals surface area contributed by atoms with E-state index in [-0.39, 0.29) is 36.3 Å². The molecule has 0 atom stereocenters. The second-order valence-electron chi connectivity index (χ2n) is 5.27. The van der Waals surface area contributed by atoms with Crippen LogP contribution in [0.5, 0.6) is 0 Å². The molecule has 0 unspecified atom stereocenters. The summed E-state index contributed by atoms with van der Waals surface area (Å²) in [5.41, 5.74) is 5.67. The van der Waals surface area contributed by atoms with Gasteiger partial charge in [0.2, 0.25) is 0 Å². The van der Waals surface area contributed by atoms with Crippen molar-refractivity contribution in [3.8, 4) is 0 Å². The van der Waals surface area contributed by atoms with E-state index in [9.17, 15) is 4.79 Å². The van der Waals surface area contributed by atoms with Gasteiger partial charge in [0, 0.05) is 23.9 Å². The van der Waals surface area contributed by atoms with Crippen LogP contribution in [-0.4, -0.2) is 23.0 Å². The lowest BCUT2D eigenvalue weighted by Crippen LogP contribution is -2.48. The molecule has 0 aliphatic carbocycles. The fourth-order valence-corrected chi connectivity index (χ4v) is 2.27. The van der Waals surface area contributed by atoms with Gasteiger partial charge in [-0.1, -0.05) is 13.8 Å². The number of amides is 1. The molecule has 0 bridgehead atoms. The molecule has 7 heteroatoms. The molecule has 0 spiro atoms. The van der Waals surface area contributed by atoms with Crippen LogP contribution in [-0.2, 0) is 6.42 Å². The molecule has 0 saturated carbocycles. The maximum Gasteiger partial charge on any atom is 0.271 e. The van der Waals surface area contributed by atoms with Crippen molar-refractivity contribution in [2.45, 2.75) is 39.7 Å². The number of carbonyl (C=O) groups excluding carboxylic acids is 1. The normalized spacial score (nSPS) is 10.6. The SMILES string of the molecule is CC(C)Cc1nc(C(=O)NC(C)(C)CN)cs1.Cl.Cl. The number of carbonyl (C=O) groups is 1. The Balaban J connectivity index is 0. The Morgan fingerprint density at radius 1 is 1.47 bits per heavy atom. The summed E-state index contributed by atoms with van der Waals surface area (Å²) >= 11 is 1.54. The predicted molar refractivity (Wildman–Crippen MR) is 85.8 cm³/mol. The van der Waals surface area contributed by atoms with Gasteiger partial charge in [0.15, 0.2) is 0 Å². The first-order valence-electron chi connectivity index (χ1n) is 5.81. The number of nitrogens with two attached hydrogens (primary N) is 1. The van der Waals surface area contributed by atoms with Crippen LogP contribution in [0.25, 0.3) is 0 Å². The minimum atomic E-state index is -0.390. The Bertz CT molecular complexity index is 394. The molecule has 0 aromatic carbocycles. The van der Waals surface area contributed by atoms with Gasteiger partial charge >= 0.3 is 0 Å². The van der Waals surface area contributed by atoms with Crippen LogP contribution in [0.1, 0.15) is 43.2 Å². The molecular weight excluding hydrogens is 305 g/mol. The summed E-state index contributed by atoms with van der Waals surface area (Å²) in [5.74, 6) is 0.407. The van der Waals surface area contributed by atoms with Crippen LogP contribution in [0.15, 0.2) is 5.38 Å². The van der Waals surface area contributed by atoms with Crippen molar-refractivity contribution in [3.63, 3.8) is 0 Å². The molecule has 1 heterocycles. The number of nitrogens with one attached hydrogen (secondary N) is 1. The molecule has 1 aromatic rings. The van der Waals surface area contributed by atoms with Gasteiger partial charge in [-0.05, 0) is 19.8 Å². The lowest BCUT2D eigenvalue weighted by atomic mass is 10.1. The molecule has 4 nitrogen and oxygen atoms in total. The van der Waals surface area contributed by atoms with Crippen LogP contribution in [0.4, 0.5) is 0 Å². The Morgan fingerprint density at radius 2 is 2.05 bits per heavy atom. The van der Waals surface area contributed by atoms with E-state index in [1.54, 1.807) is 5.38 Å². The first-order valence-corrected chi connectivity index (χ1v) is 6.69. The van der Waals surface area contributed by atoms with Crippen LogP contribution in [0.2, 0.25) is 0 Å². The average Bonchev–Trinajstić information content (AvgIpc) is 2.64. The highest BCUT2D eigenvalue weighted by Crippen LogP contribution is 2.14. The maximum atomic E-state index is 11.9. The molecule has 0 fully saturated rings. The van der Waals surface area contributed by atoms with E-state index in [0.29, 0.717) is 18.2 Å². The lowest BCUT2D eigenvalue weighted by molar-refractivity contribution is 0.0911. The van der Waals surface area contributed by atoms with Gasteiger partial charge in [0.25, 0.3) is 5.91 Å². The Hall–Kier alpha value is -0.360. The third-order valence-corrected chi connectivity index (χ3v) is 3.20. The third-order valence-electron chi connectivity index (χ3n) is 2.33. The molecule has 19 heavy (non-hydrogen) atoms. The molecule has 0 aliphatic rings. The Labute approximate surface area is 131 Å². The number of nitrogens with zero attached hydrogens (tertiary/aromatic N) is 1. The topological polar surface area (TPSA) is 68.0 Å². The van der Waals surface area contributed by atoms with Gasteiger partial charge in [-0.25, -0.2) is 4.98 Å². The summed E-state index contributed by atoms with van der Waals surface area (Å²) in [6.07, 6.45) is 0.915. The predicted octanol–water partition coefficient (Wildman–Crippen LogP) is 2.65. The second-order valence-corrected chi connectivity index (χ2v) is 6.21. The molecule has 112 valence electrons. The zero-order chi connectivity index (χ0) is 13.1. The maximum absolute atomic E-state index is 11.9. The van der Waals surface area contributed by atoms with Gasteiger partial charge in [0.05, 0.1) is 5.01 Å². The van der Waals surface area contributed by atoms with Crippen molar-refractivity contribution >= 4 is 42.1 Å². The first kappa shape index (κ1) is 20.9. The molecule has 1 amide bonds. The number of halogens is 2. The Kier molecular flexibility index (Phi) is 9.64. The molecule has 0 radical (unpaired) electrons. The van der Waals surface area contributed by atoms with Crippen molar-refractivity contribution in [1.82, 2.24) is 10.3 Å². The van der Waals surface area contributed by atoms with Crippen molar-refractivity contribution in [2.24, 2.45) is 11.7 Å². The van der Waals surface area contributed by atoms with Crippen LogP contribution in [0, 0.1) is 5.92 Å². The minimum Gasteiger partial charge on any atom is -0.345 e. The highest BCUT2D eigenvalue weighted by Gasteiger charge is 2.20. The smallest absolute Gasteiger partial charge is 0.271 e. The monoisotopic (exact) mass is 327 g/mol. The summed E-state index contributed by atoms with van der Waals surface area (Å²) < 4.78 is 0. The van der Waals surface area contributed by atoms with E-state index in [1.165, 1.54) is 11.3 Å². The standard InChI is InChI=1S/C12H21N3OS.2ClH/c1-8(2)5-10-14-9(6-17-10)11(16)15-12(3,4)7-13;;/h6,8H,5,7,13H2,1-4H3,(H,15,16);2*1H. The van der Waals surface area contributed by atoms with Crippen molar-refractivity contribution in [3.05, 3.63) is 16.1 Å². The largest absolute Gasteiger partial charge is 0.345 e. The molecule has 1 rings (SSSR count). The highest BCUT2D eigenvalue weighted by molar-refractivity contribution is 7.09. The fraction of sp³-hybridized carbons (Fsp3) is 0.667. The van der Waals surface area contributed by atoms with E-state index >= 15 is 0 Å². The van der Waals surface area contributed by atoms with Gasteiger partial charge in [-0.15, -0.1) is 36.2 Å². The summed E-state index contributed by atoms with van der Waals surface area (Å²) in [5, 5.41) is 5.68. The molecule has 1 aromatic heterocycles. The van der Waals surface area contributed by atoms with Crippen LogP contribution >= 0.6 is 36.2 Å². The molecule has 3 N–H and O–H groups in total. The van der Waals surface area contributed by atoms with E-state index in [1.807, 2.05) is 13.8 Å². The molecular formula is C12H23Cl2N3OS. The fourth-order valence-electron chi connectivity index (χ4n) is 1.28. The summed E-state index contributed by atoms with van der Waals surface area (Å²) in [6, 6.07) is 0. The summed E-state index contributed by atoms with van der Waals surface area (Å²) in [7, 11) is 0. The van der Waals surface area contributed by atoms with E-state index in [0.717, 1.165) is 11.4 Å². The van der Waals surface area contributed by atoms with E-state index in [4.69, 9.17) is 5.73 Å². The third kappa shape index (κ3) is 7.11. The van der Waals surface area contributed by atoms with Gasteiger partial charge < -0.3 is 11.1 Å². The zero-order valence-electron chi connectivity index (χ0n) is 11.7. The first-order chi connectivity index (χ1) is 7.84. The van der Waals surface area contributed by atoms with Crippen molar-refractivity contribution in [1.29, 1.82) is 0 Å². The van der Waals surface area contributed by atoms with Gasteiger partial charge in [0.1, 0.15) is 5.69 Å². The number of rotatable bonds is 5. The number of hydrogen-bond acceptors (Lipinski definition) is 4. The van der Waals surface area contributed by atoms with E-state index in [2.05, 4.69) is 24.1 Å². The average molecular weight is 328 g/mol. The number of hydrogen-bond donors (Lipinski definition) is 2. The quantitative estimate of drug-likeness (QED) is 0.873. The van der Waals surface area contributed by atoms with Crippen molar-refractivity contribution < 1.29 is 4.79 Å². The summed E-state index contributed by atoms with van der Waals surface area (Å²) in [4.78, 5) is 16.2. The number of thiazole rings is 1. The van der Waals surface area contributed by atoms with E-state index < -0.39 is 0 Å². The number of aromatic nitrogens is 1. The van der Waals surface area contributed by atoms with Crippen molar-refractivity contribution in [2.75, 3.05) is 6.54 Å². The molecule has 0 aliphatic heterocycles. The molecule has 0 saturated heterocycles. The van der Waals surface area contributed by atoms with Crippen LogP contribution < -0.4 is 11.1 Å². The lowest BCUT2D eigenvalue weighted by Gasteiger charge is -2.23. The van der Waals surface area contributed by atoms with Gasteiger partial charge in [-0.2, -0.15) is 0 Å². The Morgan fingerprint density at radius 3 is 2.53 bits per heavy atom. The van der Waals surface area contributed by atoms with Gasteiger partial charge in [-0.3, -0.25) is 4.79 Å². The highest BCUT2D eigenvalue weighted by atomic mass is 35.5.